The lowest BCUT2D eigenvalue weighted by atomic mass is 9.93. The molecule has 23 heavy (non-hydrogen) atoms. The molecule has 1 N–H and O–H groups in total. The van der Waals surface area contributed by atoms with Gasteiger partial charge in [0.1, 0.15) is 0 Å². The monoisotopic (exact) mass is 333 g/mol. The predicted molar refractivity (Wildman–Crippen MR) is 91.5 cm³/mol. The van der Waals surface area contributed by atoms with E-state index in [9.17, 15) is 4.79 Å². The van der Waals surface area contributed by atoms with E-state index in [1.54, 1.807) is 38.5 Å². The van der Waals surface area contributed by atoms with Crippen LogP contribution in [0.2, 0.25) is 5.02 Å². The number of carbonyl (C=O) groups is 1. The lowest BCUT2D eigenvalue weighted by Crippen LogP contribution is -2.41. The molecule has 4 nitrogen and oxygen atoms in total. The first kappa shape index (κ1) is 17.2. The largest absolute Gasteiger partial charge is 0.493 e. The molecule has 2 rings (SSSR count). The highest BCUT2D eigenvalue weighted by atomic mass is 35.5. The van der Waals surface area contributed by atoms with Gasteiger partial charge in [-0.1, -0.05) is 17.7 Å². The maximum Gasteiger partial charge on any atom is 0.251 e. The van der Waals surface area contributed by atoms with Crippen molar-refractivity contribution in [2.75, 3.05) is 14.2 Å². The van der Waals surface area contributed by atoms with Gasteiger partial charge >= 0.3 is 0 Å². The van der Waals surface area contributed by atoms with Crippen molar-refractivity contribution in [2.45, 2.75) is 19.4 Å². The summed E-state index contributed by atoms with van der Waals surface area (Å²) in [6.07, 6.45) is 0. The Hall–Kier alpha value is -2.20. The van der Waals surface area contributed by atoms with Crippen molar-refractivity contribution in [3.8, 4) is 11.5 Å². The van der Waals surface area contributed by atoms with Crippen molar-refractivity contribution < 1.29 is 14.3 Å². The number of carbonyl (C=O) groups excluding carboxylic acids is 1. The van der Waals surface area contributed by atoms with Gasteiger partial charge in [0.25, 0.3) is 5.91 Å². The zero-order valence-corrected chi connectivity index (χ0v) is 14.4. The second-order valence-electron chi connectivity index (χ2n) is 5.66. The summed E-state index contributed by atoms with van der Waals surface area (Å²) in [7, 11) is 3.17. The summed E-state index contributed by atoms with van der Waals surface area (Å²) in [4.78, 5) is 12.4. The third-order valence-electron chi connectivity index (χ3n) is 3.64. The smallest absolute Gasteiger partial charge is 0.251 e. The molecular formula is C18H20ClNO3. The van der Waals surface area contributed by atoms with Gasteiger partial charge in [-0.2, -0.15) is 0 Å². The van der Waals surface area contributed by atoms with E-state index in [0.29, 0.717) is 22.1 Å². The molecule has 0 bridgehead atoms. The average Bonchev–Trinajstić information content (AvgIpc) is 2.54. The summed E-state index contributed by atoms with van der Waals surface area (Å²) >= 11 is 5.85. The van der Waals surface area contributed by atoms with E-state index < -0.39 is 5.54 Å². The van der Waals surface area contributed by atoms with Crippen LogP contribution < -0.4 is 14.8 Å². The van der Waals surface area contributed by atoms with Gasteiger partial charge in [0.15, 0.2) is 11.5 Å². The van der Waals surface area contributed by atoms with E-state index in [2.05, 4.69) is 5.32 Å². The Labute approximate surface area is 141 Å². The van der Waals surface area contributed by atoms with Crippen LogP contribution in [0.5, 0.6) is 11.5 Å². The quantitative estimate of drug-likeness (QED) is 0.899. The third-order valence-corrected chi connectivity index (χ3v) is 3.89. The van der Waals surface area contributed by atoms with E-state index in [-0.39, 0.29) is 5.91 Å². The fraction of sp³-hybridized carbons (Fsp3) is 0.278. The fourth-order valence-corrected chi connectivity index (χ4v) is 2.38. The van der Waals surface area contributed by atoms with Gasteiger partial charge in [-0.3, -0.25) is 4.79 Å². The van der Waals surface area contributed by atoms with E-state index in [0.717, 1.165) is 5.56 Å². The van der Waals surface area contributed by atoms with Gasteiger partial charge in [0.2, 0.25) is 0 Å². The normalized spacial score (nSPS) is 11.0. The third kappa shape index (κ3) is 3.96. The van der Waals surface area contributed by atoms with Gasteiger partial charge in [-0.05, 0) is 55.8 Å². The molecule has 0 aliphatic heterocycles. The van der Waals surface area contributed by atoms with E-state index in [1.807, 2.05) is 32.0 Å². The summed E-state index contributed by atoms with van der Waals surface area (Å²) in [6, 6.07) is 12.4. The van der Waals surface area contributed by atoms with Crippen molar-refractivity contribution in [1.82, 2.24) is 5.32 Å². The first-order valence-corrected chi connectivity index (χ1v) is 7.56. The molecule has 5 heteroatoms. The van der Waals surface area contributed by atoms with Gasteiger partial charge in [0, 0.05) is 10.6 Å². The van der Waals surface area contributed by atoms with Crippen LogP contribution in [0, 0.1) is 0 Å². The first-order chi connectivity index (χ1) is 10.9. The molecule has 2 aromatic carbocycles. The highest BCUT2D eigenvalue weighted by Crippen LogP contribution is 2.32. The van der Waals surface area contributed by atoms with E-state index in [1.165, 1.54) is 0 Å². The Kier molecular flexibility index (Phi) is 5.16. The molecule has 0 radical (unpaired) electrons. The number of halogens is 1. The molecule has 0 aliphatic rings. The topological polar surface area (TPSA) is 47.6 Å². The minimum atomic E-state index is -0.573. The number of nitrogens with one attached hydrogen (secondary N) is 1. The van der Waals surface area contributed by atoms with Gasteiger partial charge in [-0.25, -0.2) is 0 Å². The summed E-state index contributed by atoms with van der Waals surface area (Å²) < 4.78 is 10.6. The molecule has 0 aromatic heterocycles. The first-order valence-electron chi connectivity index (χ1n) is 7.18. The highest BCUT2D eigenvalue weighted by Gasteiger charge is 2.24. The molecule has 2 aromatic rings. The maximum absolute atomic E-state index is 12.4. The Bertz CT molecular complexity index is 696. The Morgan fingerprint density at radius 3 is 2.17 bits per heavy atom. The van der Waals surface area contributed by atoms with Crippen LogP contribution in [-0.4, -0.2) is 20.1 Å². The van der Waals surface area contributed by atoms with Gasteiger partial charge in [-0.15, -0.1) is 0 Å². The molecule has 0 fully saturated rings. The molecule has 0 heterocycles. The Balaban J connectivity index is 2.24. The number of rotatable bonds is 5. The summed E-state index contributed by atoms with van der Waals surface area (Å²) in [5, 5.41) is 3.62. The van der Waals surface area contributed by atoms with Crippen LogP contribution in [0.15, 0.2) is 42.5 Å². The van der Waals surface area contributed by atoms with Crippen LogP contribution in [0.25, 0.3) is 0 Å². The predicted octanol–water partition coefficient (Wildman–Crippen LogP) is 4.02. The molecule has 0 unspecified atom stereocenters. The molecule has 122 valence electrons. The van der Waals surface area contributed by atoms with Gasteiger partial charge in [0.05, 0.1) is 19.8 Å². The van der Waals surface area contributed by atoms with E-state index >= 15 is 0 Å². The van der Waals surface area contributed by atoms with Crippen molar-refractivity contribution in [2.24, 2.45) is 0 Å². The van der Waals surface area contributed by atoms with Crippen LogP contribution in [0.3, 0.4) is 0 Å². The zero-order valence-electron chi connectivity index (χ0n) is 13.6. The second-order valence-corrected chi connectivity index (χ2v) is 6.09. The number of amides is 1. The fourth-order valence-electron chi connectivity index (χ4n) is 2.25. The lowest BCUT2D eigenvalue weighted by Gasteiger charge is -2.27. The zero-order chi connectivity index (χ0) is 17.0. The highest BCUT2D eigenvalue weighted by molar-refractivity contribution is 6.30. The second kappa shape index (κ2) is 6.92. The number of benzene rings is 2. The van der Waals surface area contributed by atoms with Gasteiger partial charge < -0.3 is 14.8 Å². The number of methoxy groups -OCH3 is 2. The minimum absolute atomic E-state index is 0.165. The summed E-state index contributed by atoms with van der Waals surface area (Å²) in [5.74, 6) is 1.11. The summed E-state index contributed by atoms with van der Waals surface area (Å²) in [6.45, 7) is 3.87. The number of hydrogen-bond donors (Lipinski definition) is 1. The molecular weight excluding hydrogens is 314 g/mol. The van der Waals surface area contributed by atoms with E-state index in [4.69, 9.17) is 21.1 Å². The molecule has 0 aliphatic carbocycles. The molecule has 1 amide bonds. The summed E-state index contributed by atoms with van der Waals surface area (Å²) in [5.41, 5.74) is 0.899. The van der Waals surface area contributed by atoms with Crippen LogP contribution in [0.4, 0.5) is 0 Å². The Morgan fingerprint density at radius 2 is 1.61 bits per heavy atom. The number of hydrogen-bond acceptors (Lipinski definition) is 3. The molecule has 0 saturated heterocycles. The molecule has 0 atom stereocenters. The lowest BCUT2D eigenvalue weighted by molar-refractivity contribution is 0.0912. The molecule has 0 spiro atoms. The molecule has 0 saturated carbocycles. The van der Waals surface area contributed by atoms with Crippen molar-refractivity contribution in [1.29, 1.82) is 0 Å². The standard InChI is InChI=1S/C18H20ClNO3/c1-18(2,13-7-10-15(22-3)16(11-13)23-4)20-17(21)12-5-8-14(19)9-6-12/h5-11H,1-4H3,(H,20,21). The average molecular weight is 334 g/mol. The van der Waals surface area contributed by atoms with Crippen molar-refractivity contribution in [3.05, 3.63) is 58.6 Å². The number of ether oxygens (including phenoxy) is 2. The SMILES string of the molecule is COc1ccc(C(C)(C)NC(=O)c2ccc(Cl)cc2)cc1OC. The minimum Gasteiger partial charge on any atom is -0.493 e. The Morgan fingerprint density at radius 1 is 1.00 bits per heavy atom. The maximum atomic E-state index is 12.4. The van der Waals surface area contributed by atoms with Crippen molar-refractivity contribution in [3.63, 3.8) is 0 Å². The van der Waals surface area contributed by atoms with Crippen molar-refractivity contribution >= 4 is 17.5 Å². The van der Waals surface area contributed by atoms with Crippen LogP contribution in [0.1, 0.15) is 29.8 Å². The van der Waals surface area contributed by atoms with Crippen LogP contribution >= 0.6 is 11.6 Å². The van der Waals surface area contributed by atoms with Crippen LogP contribution in [-0.2, 0) is 5.54 Å².